The summed E-state index contributed by atoms with van der Waals surface area (Å²) in [5.41, 5.74) is 1.17. The van der Waals surface area contributed by atoms with Crippen LogP contribution in [0.25, 0.3) is 11.4 Å². The summed E-state index contributed by atoms with van der Waals surface area (Å²) in [6.07, 6.45) is 3.25. The first-order chi connectivity index (χ1) is 10.2. The van der Waals surface area contributed by atoms with E-state index in [0.29, 0.717) is 11.4 Å². The number of aromatic nitrogens is 5. The Labute approximate surface area is 119 Å². The van der Waals surface area contributed by atoms with E-state index in [4.69, 9.17) is 0 Å². The molecular weight excluding hydrogens is 273 g/mol. The summed E-state index contributed by atoms with van der Waals surface area (Å²) in [7, 11) is 0. The van der Waals surface area contributed by atoms with Gasteiger partial charge in [0.1, 0.15) is 12.4 Å². The van der Waals surface area contributed by atoms with Crippen LogP contribution in [0, 0.1) is 5.82 Å². The molecule has 2 aromatic heterocycles. The predicted molar refractivity (Wildman–Crippen MR) is 71.8 cm³/mol. The van der Waals surface area contributed by atoms with Crippen LogP contribution in [0.5, 0.6) is 0 Å². The number of nitrogens with zero attached hydrogens (tertiary/aromatic N) is 5. The molecule has 0 N–H and O–H groups in total. The second-order valence-electron chi connectivity index (χ2n) is 4.31. The van der Waals surface area contributed by atoms with E-state index in [2.05, 4.69) is 20.4 Å². The van der Waals surface area contributed by atoms with Crippen LogP contribution in [0.1, 0.15) is 10.4 Å². The minimum absolute atomic E-state index is 0.0519. The molecule has 0 spiro atoms. The van der Waals surface area contributed by atoms with Gasteiger partial charge in [0.2, 0.25) is 5.82 Å². The lowest BCUT2D eigenvalue weighted by molar-refractivity contribution is 0.0961. The fourth-order valence-electron chi connectivity index (χ4n) is 1.78. The van der Waals surface area contributed by atoms with Crippen molar-refractivity contribution in [3.8, 4) is 11.4 Å². The Morgan fingerprint density at radius 2 is 1.81 bits per heavy atom. The highest BCUT2D eigenvalue weighted by Crippen LogP contribution is 2.11. The van der Waals surface area contributed by atoms with Gasteiger partial charge in [0.15, 0.2) is 5.78 Å². The minimum Gasteiger partial charge on any atom is -0.292 e. The zero-order valence-corrected chi connectivity index (χ0v) is 10.8. The number of hydrogen-bond acceptors (Lipinski definition) is 5. The third-order valence-electron chi connectivity index (χ3n) is 2.84. The molecule has 0 amide bonds. The fraction of sp³-hybridized carbons (Fsp3) is 0.0714. The largest absolute Gasteiger partial charge is 0.292 e. The summed E-state index contributed by atoms with van der Waals surface area (Å²) >= 11 is 0. The lowest BCUT2D eigenvalue weighted by Gasteiger charge is -1.99. The van der Waals surface area contributed by atoms with Crippen LogP contribution in [-0.2, 0) is 6.54 Å². The average molecular weight is 283 g/mol. The predicted octanol–water partition coefficient (Wildman–Crippen LogP) is 1.76. The van der Waals surface area contributed by atoms with Crippen molar-refractivity contribution >= 4 is 5.78 Å². The van der Waals surface area contributed by atoms with E-state index in [9.17, 15) is 9.18 Å². The Balaban J connectivity index is 1.75. The van der Waals surface area contributed by atoms with E-state index in [-0.39, 0.29) is 18.1 Å². The van der Waals surface area contributed by atoms with Gasteiger partial charge in [-0.05, 0) is 41.6 Å². The van der Waals surface area contributed by atoms with E-state index in [0.717, 1.165) is 5.56 Å². The molecule has 0 saturated heterocycles. The first-order valence-corrected chi connectivity index (χ1v) is 6.19. The highest BCUT2D eigenvalue weighted by molar-refractivity contribution is 5.95. The molecule has 3 rings (SSSR count). The molecule has 0 radical (unpaired) electrons. The molecule has 6 nitrogen and oxygen atoms in total. The van der Waals surface area contributed by atoms with Gasteiger partial charge in [0, 0.05) is 23.5 Å². The molecule has 0 bridgehead atoms. The Morgan fingerprint density at radius 1 is 1.10 bits per heavy atom. The molecule has 104 valence electrons. The smallest absolute Gasteiger partial charge is 0.205 e. The second-order valence-corrected chi connectivity index (χ2v) is 4.31. The number of hydrogen-bond donors (Lipinski definition) is 0. The lowest BCUT2D eigenvalue weighted by Crippen LogP contribution is -2.13. The number of rotatable bonds is 4. The van der Waals surface area contributed by atoms with Gasteiger partial charge >= 0.3 is 0 Å². The van der Waals surface area contributed by atoms with Crippen molar-refractivity contribution in [3.63, 3.8) is 0 Å². The Bertz CT molecular complexity index is 755. The number of Topliss-reactive ketones (excluding diaryl/α,β-unsaturated/α-hetero) is 1. The maximum Gasteiger partial charge on any atom is 0.205 e. The van der Waals surface area contributed by atoms with Crippen LogP contribution in [0.4, 0.5) is 4.39 Å². The highest BCUT2D eigenvalue weighted by Gasteiger charge is 2.11. The van der Waals surface area contributed by atoms with Crippen molar-refractivity contribution in [1.29, 1.82) is 0 Å². The Hall–Kier alpha value is -2.96. The zero-order valence-electron chi connectivity index (χ0n) is 10.8. The van der Waals surface area contributed by atoms with E-state index in [1.54, 1.807) is 24.5 Å². The molecule has 0 aliphatic heterocycles. The van der Waals surface area contributed by atoms with Gasteiger partial charge in [-0.2, -0.15) is 4.80 Å². The maximum absolute atomic E-state index is 12.8. The van der Waals surface area contributed by atoms with Crippen LogP contribution in [0.3, 0.4) is 0 Å². The Kier molecular flexibility index (Phi) is 3.46. The molecule has 2 heterocycles. The summed E-state index contributed by atoms with van der Waals surface area (Å²) in [4.78, 5) is 17.1. The molecule has 21 heavy (non-hydrogen) atoms. The van der Waals surface area contributed by atoms with E-state index >= 15 is 0 Å². The third-order valence-corrected chi connectivity index (χ3v) is 2.84. The summed E-state index contributed by atoms with van der Waals surface area (Å²) in [6.45, 7) is -0.0519. The van der Waals surface area contributed by atoms with Crippen LogP contribution in [0.15, 0.2) is 48.8 Å². The van der Waals surface area contributed by atoms with Gasteiger partial charge in [-0.15, -0.1) is 10.2 Å². The van der Waals surface area contributed by atoms with Gasteiger partial charge in [0.25, 0.3) is 0 Å². The van der Waals surface area contributed by atoms with Crippen LogP contribution < -0.4 is 0 Å². The number of carbonyl (C=O) groups excluding carboxylic acids is 1. The second kappa shape index (κ2) is 5.58. The third kappa shape index (κ3) is 2.97. The first-order valence-electron chi connectivity index (χ1n) is 6.19. The number of halogens is 1. The van der Waals surface area contributed by atoms with Crippen LogP contribution in [0.2, 0.25) is 0 Å². The van der Waals surface area contributed by atoms with Gasteiger partial charge < -0.3 is 0 Å². The zero-order chi connectivity index (χ0) is 14.7. The fourth-order valence-corrected chi connectivity index (χ4v) is 1.78. The van der Waals surface area contributed by atoms with Crippen molar-refractivity contribution in [2.24, 2.45) is 0 Å². The highest BCUT2D eigenvalue weighted by atomic mass is 19.1. The normalized spacial score (nSPS) is 10.5. The molecule has 0 unspecified atom stereocenters. The van der Waals surface area contributed by atoms with Gasteiger partial charge in [0.05, 0.1) is 0 Å². The summed E-state index contributed by atoms with van der Waals surface area (Å²) in [6, 6.07) is 8.85. The molecule has 0 fully saturated rings. The van der Waals surface area contributed by atoms with Crippen molar-refractivity contribution in [1.82, 2.24) is 25.2 Å². The average Bonchev–Trinajstić information content (AvgIpc) is 2.97. The molecule has 3 aromatic rings. The summed E-state index contributed by atoms with van der Waals surface area (Å²) in [5.74, 6) is -0.177. The first kappa shape index (κ1) is 13.0. The topological polar surface area (TPSA) is 73.6 Å². The maximum atomic E-state index is 12.8. The van der Waals surface area contributed by atoms with Crippen molar-refractivity contribution in [2.45, 2.75) is 6.54 Å². The van der Waals surface area contributed by atoms with Crippen molar-refractivity contribution in [3.05, 3.63) is 60.2 Å². The van der Waals surface area contributed by atoms with Crippen molar-refractivity contribution in [2.75, 3.05) is 0 Å². The standard InChI is InChI=1S/C14H10FN5O/c15-12-3-1-10(2-4-12)13(21)9-20-18-14(17-19-20)11-5-7-16-8-6-11/h1-8H,9H2. The molecule has 0 saturated carbocycles. The quantitative estimate of drug-likeness (QED) is 0.682. The van der Waals surface area contributed by atoms with Crippen LogP contribution in [-0.4, -0.2) is 31.0 Å². The lowest BCUT2D eigenvalue weighted by atomic mass is 10.1. The SMILES string of the molecule is O=C(Cn1nnc(-c2ccncc2)n1)c1ccc(F)cc1. The molecule has 1 aromatic carbocycles. The number of pyridine rings is 1. The number of ketones is 1. The van der Waals surface area contributed by atoms with E-state index in [1.807, 2.05) is 0 Å². The van der Waals surface area contributed by atoms with Crippen molar-refractivity contribution < 1.29 is 9.18 Å². The molecule has 0 aliphatic carbocycles. The van der Waals surface area contributed by atoms with Gasteiger partial charge in [-0.3, -0.25) is 9.78 Å². The van der Waals surface area contributed by atoms with Gasteiger partial charge in [-0.1, -0.05) is 0 Å². The molecule has 7 heteroatoms. The minimum atomic E-state index is -0.384. The number of tetrazole rings is 1. The monoisotopic (exact) mass is 283 g/mol. The van der Waals surface area contributed by atoms with Gasteiger partial charge in [-0.25, -0.2) is 4.39 Å². The summed E-state index contributed by atoms with van der Waals surface area (Å²) in [5, 5.41) is 11.9. The van der Waals surface area contributed by atoms with Crippen LogP contribution >= 0.6 is 0 Å². The molecule has 0 atom stereocenters. The number of benzene rings is 1. The Morgan fingerprint density at radius 3 is 2.52 bits per heavy atom. The van der Waals surface area contributed by atoms with E-state index in [1.165, 1.54) is 29.1 Å². The number of carbonyl (C=O) groups is 1. The summed E-state index contributed by atoms with van der Waals surface area (Å²) < 4.78 is 12.8. The van der Waals surface area contributed by atoms with E-state index < -0.39 is 0 Å². The molecule has 0 aliphatic rings. The molecular formula is C14H10FN5O.